The van der Waals surface area contributed by atoms with Crippen LogP contribution in [0.25, 0.3) is 110 Å². The third-order valence-electron chi connectivity index (χ3n) is 10.8. The number of nitrogens with zero attached hydrogens (tertiary/aromatic N) is 2. The number of benzene rings is 8. The Hall–Kier alpha value is -6.90. The maximum atomic E-state index is 5.20. The van der Waals surface area contributed by atoms with Gasteiger partial charge in [0.2, 0.25) is 0 Å². The van der Waals surface area contributed by atoms with Crippen molar-refractivity contribution in [3.05, 3.63) is 182 Å². The lowest BCUT2D eigenvalue weighted by atomic mass is 9.88. The number of fused-ring (bicyclic) bond motifs is 7. The summed E-state index contributed by atoms with van der Waals surface area (Å²) in [6.07, 6.45) is 0. The zero-order chi connectivity index (χ0) is 34.2. The van der Waals surface area contributed by atoms with E-state index in [9.17, 15) is 0 Å². The van der Waals surface area contributed by atoms with Crippen molar-refractivity contribution < 1.29 is 0 Å². The first-order valence-electron chi connectivity index (χ1n) is 17.8. The summed E-state index contributed by atoms with van der Waals surface area (Å²) in [4.78, 5) is 10.3. The number of pyridine rings is 2. The van der Waals surface area contributed by atoms with E-state index in [0.29, 0.717) is 0 Å². The van der Waals surface area contributed by atoms with Gasteiger partial charge in [-0.05, 0) is 78.2 Å². The highest BCUT2D eigenvalue weighted by atomic mass is 14.8. The van der Waals surface area contributed by atoms with E-state index in [0.717, 1.165) is 44.3 Å². The molecule has 0 amide bonds. The monoisotopic (exact) mass is 658 g/mol. The molecule has 8 aromatic carbocycles. The molecule has 10 aromatic rings. The molecular weight excluding hydrogens is 629 g/mol. The van der Waals surface area contributed by atoms with Crippen LogP contribution in [0.2, 0.25) is 0 Å². The zero-order valence-electron chi connectivity index (χ0n) is 28.2. The van der Waals surface area contributed by atoms with Crippen LogP contribution in [0.5, 0.6) is 0 Å². The highest BCUT2D eigenvalue weighted by Gasteiger charge is 2.23. The number of aromatic nitrogens is 2. The van der Waals surface area contributed by atoms with Gasteiger partial charge in [0.15, 0.2) is 0 Å². The topological polar surface area (TPSA) is 25.8 Å². The van der Waals surface area contributed by atoms with E-state index in [1.165, 1.54) is 66.1 Å². The van der Waals surface area contributed by atoms with E-state index >= 15 is 0 Å². The van der Waals surface area contributed by atoms with E-state index in [4.69, 9.17) is 9.97 Å². The summed E-state index contributed by atoms with van der Waals surface area (Å²) in [5.74, 6) is 0. The minimum Gasteiger partial charge on any atom is -0.245 e. The molecule has 240 valence electrons. The van der Waals surface area contributed by atoms with Gasteiger partial charge in [0, 0.05) is 21.9 Å². The highest BCUT2D eigenvalue weighted by molar-refractivity contribution is 6.20. The van der Waals surface area contributed by atoms with Gasteiger partial charge in [0.1, 0.15) is 0 Å². The van der Waals surface area contributed by atoms with Gasteiger partial charge >= 0.3 is 0 Å². The number of rotatable bonds is 4. The summed E-state index contributed by atoms with van der Waals surface area (Å²) in [6, 6.07) is 65.6. The van der Waals surface area contributed by atoms with Crippen molar-refractivity contribution in [3.8, 4) is 67.0 Å². The van der Waals surface area contributed by atoms with Gasteiger partial charge in [-0.2, -0.15) is 0 Å². The Balaban J connectivity index is 0.989. The molecule has 0 bridgehead atoms. The van der Waals surface area contributed by atoms with Crippen molar-refractivity contribution in [1.82, 2.24) is 9.97 Å². The first-order valence-corrected chi connectivity index (χ1v) is 17.8. The predicted octanol–water partition coefficient (Wildman–Crippen LogP) is 13.4. The Kier molecular flexibility index (Phi) is 6.28. The maximum absolute atomic E-state index is 5.20. The van der Waals surface area contributed by atoms with Gasteiger partial charge < -0.3 is 0 Å². The molecule has 0 unspecified atom stereocenters. The summed E-state index contributed by atoms with van der Waals surface area (Å²) in [6.45, 7) is 0. The summed E-state index contributed by atoms with van der Waals surface area (Å²) in [5, 5.41) is 7.33. The smallest absolute Gasteiger partial charge is 0.0972 e. The van der Waals surface area contributed by atoms with Gasteiger partial charge in [-0.25, -0.2) is 9.97 Å². The van der Waals surface area contributed by atoms with Crippen molar-refractivity contribution in [2.45, 2.75) is 0 Å². The lowest BCUT2D eigenvalue weighted by Crippen LogP contribution is -1.91. The number of hydrogen-bond acceptors (Lipinski definition) is 2. The van der Waals surface area contributed by atoms with Gasteiger partial charge in [-0.15, -0.1) is 0 Å². The fourth-order valence-corrected chi connectivity index (χ4v) is 8.35. The molecule has 11 rings (SSSR count). The molecule has 0 N–H and O–H groups in total. The maximum Gasteiger partial charge on any atom is 0.0972 e. The minimum absolute atomic E-state index is 0.922. The molecule has 0 spiro atoms. The molecule has 1 aliphatic carbocycles. The van der Waals surface area contributed by atoms with Gasteiger partial charge in [-0.1, -0.05) is 170 Å². The van der Waals surface area contributed by atoms with E-state index < -0.39 is 0 Å². The quantitative estimate of drug-likeness (QED) is 0.176. The van der Waals surface area contributed by atoms with Crippen molar-refractivity contribution >= 4 is 43.4 Å². The van der Waals surface area contributed by atoms with Gasteiger partial charge in [0.25, 0.3) is 0 Å². The van der Waals surface area contributed by atoms with Crippen molar-refractivity contribution in [2.24, 2.45) is 0 Å². The predicted molar refractivity (Wildman–Crippen MR) is 218 cm³/mol. The van der Waals surface area contributed by atoms with Crippen LogP contribution in [0.3, 0.4) is 0 Å². The molecule has 0 radical (unpaired) electrons. The third-order valence-corrected chi connectivity index (χ3v) is 10.8. The second kappa shape index (κ2) is 11.3. The standard InChI is InChI=1S/C50H30N2/c1-2-9-32(10-3-1)46-29-23-34-21-22-35-24-30-47(52-50(35)49(34)51-46)33-19-17-31(18-20-33)36-25-26-41(38-12-5-4-11-37(36)38)42-27-28-45-40-14-7-6-13-39(40)43-15-8-16-44(42)48(43)45/h1-30H. The zero-order valence-corrected chi connectivity index (χ0v) is 28.2. The Bertz CT molecular complexity index is 3020. The highest BCUT2D eigenvalue weighted by Crippen LogP contribution is 2.50. The molecule has 0 atom stereocenters. The lowest BCUT2D eigenvalue weighted by molar-refractivity contribution is 1.36. The van der Waals surface area contributed by atoms with Crippen LogP contribution in [-0.2, 0) is 0 Å². The summed E-state index contributed by atoms with van der Waals surface area (Å²) >= 11 is 0. The molecule has 2 aromatic heterocycles. The summed E-state index contributed by atoms with van der Waals surface area (Å²) < 4.78 is 0. The van der Waals surface area contributed by atoms with E-state index in [1.807, 2.05) is 6.07 Å². The molecule has 0 saturated carbocycles. The molecular formula is C50H30N2. The molecule has 2 heteroatoms. The normalized spacial score (nSPS) is 11.8. The SMILES string of the molecule is c1ccc(-c2ccc3ccc4ccc(-c5ccc(-c6ccc(-c7ccc8c9c(cccc79)-c7ccccc7-8)c7ccccc67)cc5)nc4c3n2)cc1. The average Bonchev–Trinajstić information content (AvgIpc) is 3.55. The summed E-state index contributed by atoms with van der Waals surface area (Å²) in [7, 11) is 0. The van der Waals surface area contributed by atoms with Crippen LogP contribution in [0, 0.1) is 0 Å². The lowest BCUT2D eigenvalue weighted by Gasteiger charge is -2.15. The third kappa shape index (κ3) is 4.38. The largest absolute Gasteiger partial charge is 0.245 e. The van der Waals surface area contributed by atoms with Crippen molar-refractivity contribution in [3.63, 3.8) is 0 Å². The molecule has 1 aliphatic rings. The van der Waals surface area contributed by atoms with Crippen molar-refractivity contribution in [1.29, 1.82) is 0 Å². The minimum atomic E-state index is 0.922. The van der Waals surface area contributed by atoms with E-state index in [2.05, 4.69) is 176 Å². The molecule has 0 saturated heterocycles. The molecule has 52 heavy (non-hydrogen) atoms. The second-order valence-corrected chi connectivity index (χ2v) is 13.7. The van der Waals surface area contributed by atoms with Crippen LogP contribution < -0.4 is 0 Å². The first kappa shape index (κ1) is 28.9. The van der Waals surface area contributed by atoms with E-state index in [1.54, 1.807) is 0 Å². The Morgan fingerprint density at radius 1 is 0.250 bits per heavy atom. The first-order chi connectivity index (χ1) is 25.8. The Morgan fingerprint density at radius 3 is 1.37 bits per heavy atom. The van der Waals surface area contributed by atoms with E-state index in [-0.39, 0.29) is 0 Å². The molecule has 0 fully saturated rings. The average molecular weight is 659 g/mol. The molecule has 2 nitrogen and oxygen atoms in total. The molecule has 0 aliphatic heterocycles. The number of hydrogen-bond donors (Lipinski definition) is 0. The summed E-state index contributed by atoms with van der Waals surface area (Å²) in [5.41, 5.74) is 16.2. The van der Waals surface area contributed by atoms with Crippen LogP contribution in [0.1, 0.15) is 0 Å². The van der Waals surface area contributed by atoms with Gasteiger partial charge in [-0.3, -0.25) is 0 Å². The van der Waals surface area contributed by atoms with Crippen LogP contribution in [0.15, 0.2) is 182 Å². The fourth-order valence-electron chi connectivity index (χ4n) is 8.35. The van der Waals surface area contributed by atoms with Crippen LogP contribution in [0.4, 0.5) is 0 Å². The van der Waals surface area contributed by atoms with Gasteiger partial charge in [0.05, 0.1) is 22.4 Å². The van der Waals surface area contributed by atoms with Crippen molar-refractivity contribution in [2.75, 3.05) is 0 Å². The second-order valence-electron chi connectivity index (χ2n) is 13.7. The Labute approximate surface area is 301 Å². The fraction of sp³-hybridized carbons (Fsp3) is 0. The molecule has 2 heterocycles. The Morgan fingerprint density at radius 2 is 0.692 bits per heavy atom. The van der Waals surface area contributed by atoms with Crippen LogP contribution >= 0.6 is 0 Å². The van der Waals surface area contributed by atoms with Crippen LogP contribution in [-0.4, -0.2) is 9.97 Å².